The Labute approximate surface area is 210 Å². The molecule has 3 fully saturated rings. The number of hydrogen-bond acceptors (Lipinski definition) is 5. The first kappa shape index (κ1) is 25.6. The largest absolute Gasteiger partial charge is 0.396 e. The van der Waals surface area contributed by atoms with Crippen molar-refractivity contribution in [1.29, 1.82) is 0 Å². The van der Waals surface area contributed by atoms with Gasteiger partial charge in [0, 0.05) is 5.41 Å². The number of carbonyl (C=O) groups is 1. The van der Waals surface area contributed by atoms with Gasteiger partial charge in [-0.1, -0.05) is 66.2 Å². The van der Waals surface area contributed by atoms with Crippen molar-refractivity contribution in [2.45, 2.75) is 98.9 Å². The molecule has 0 amide bonds. The van der Waals surface area contributed by atoms with Crippen molar-refractivity contribution in [3.63, 3.8) is 0 Å². The number of rotatable bonds is 1. The Morgan fingerprint density at radius 1 is 0.943 bits per heavy atom. The SMILES string of the molecule is CC1(C)CC2C3=CCC4C5(C)C=CC(=O)C(C)(C)C5CCC4(C)C3(C)CC(O)C2(CO)C(O)C1O. The van der Waals surface area contributed by atoms with E-state index in [1.807, 2.05) is 19.9 Å². The third-order valence-corrected chi connectivity index (χ3v) is 12.7. The van der Waals surface area contributed by atoms with Crippen LogP contribution in [0.15, 0.2) is 23.8 Å². The second kappa shape index (κ2) is 7.30. The molecule has 0 heterocycles. The van der Waals surface area contributed by atoms with E-state index in [-0.39, 0.29) is 45.9 Å². The molecule has 3 saturated carbocycles. The third kappa shape index (κ3) is 2.82. The van der Waals surface area contributed by atoms with E-state index in [0.29, 0.717) is 18.8 Å². The summed E-state index contributed by atoms with van der Waals surface area (Å²) in [6, 6.07) is 0. The zero-order chi connectivity index (χ0) is 26.0. The molecule has 0 radical (unpaired) electrons. The molecule has 4 N–H and O–H groups in total. The number of carbonyl (C=O) groups excluding carboxylic acids is 1. The van der Waals surface area contributed by atoms with Gasteiger partial charge in [0.25, 0.3) is 0 Å². The lowest BCUT2D eigenvalue weighted by Crippen LogP contribution is -2.71. The van der Waals surface area contributed by atoms with Gasteiger partial charge in [0.1, 0.15) is 0 Å². The first-order valence-corrected chi connectivity index (χ1v) is 13.6. The molecule has 0 aliphatic heterocycles. The minimum absolute atomic E-state index is 0.100. The first-order chi connectivity index (χ1) is 16.0. The highest BCUT2D eigenvalue weighted by molar-refractivity contribution is 5.95. The molecule has 0 aromatic heterocycles. The third-order valence-electron chi connectivity index (χ3n) is 12.7. The van der Waals surface area contributed by atoms with Gasteiger partial charge in [-0.05, 0) is 77.6 Å². The minimum Gasteiger partial charge on any atom is -0.396 e. The van der Waals surface area contributed by atoms with Crippen LogP contribution in [0.1, 0.15) is 80.6 Å². The molecule has 5 heteroatoms. The van der Waals surface area contributed by atoms with Gasteiger partial charge in [-0.25, -0.2) is 0 Å². The van der Waals surface area contributed by atoms with E-state index in [4.69, 9.17) is 0 Å². The molecular formula is C30H46O5. The number of aliphatic hydroxyl groups is 4. The van der Waals surface area contributed by atoms with Gasteiger partial charge >= 0.3 is 0 Å². The Bertz CT molecular complexity index is 995. The van der Waals surface area contributed by atoms with E-state index in [1.165, 1.54) is 5.57 Å². The van der Waals surface area contributed by atoms with Crippen LogP contribution in [0, 0.1) is 50.2 Å². The smallest absolute Gasteiger partial charge is 0.161 e. The zero-order valence-electron chi connectivity index (χ0n) is 22.6. The fraction of sp³-hybridized carbons (Fsp3) is 0.833. The molecule has 10 unspecified atom stereocenters. The van der Waals surface area contributed by atoms with E-state index in [9.17, 15) is 25.2 Å². The van der Waals surface area contributed by atoms with E-state index in [2.05, 4.69) is 46.8 Å². The molecule has 0 spiro atoms. The minimum atomic E-state index is -1.19. The summed E-state index contributed by atoms with van der Waals surface area (Å²) in [5.41, 5.74) is -1.33. The molecule has 35 heavy (non-hydrogen) atoms. The summed E-state index contributed by atoms with van der Waals surface area (Å²) < 4.78 is 0. The summed E-state index contributed by atoms with van der Waals surface area (Å²) >= 11 is 0. The van der Waals surface area contributed by atoms with Gasteiger partial charge in [0.2, 0.25) is 0 Å². The van der Waals surface area contributed by atoms with Crippen LogP contribution >= 0.6 is 0 Å². The Kier molecular flexibility index (Phi) is 5.35. The number of ketones is 1. The topological polar surface area (TPSA) is 98.0 Å². The predicted octanol–water partition coefficient (Wildman–Crippen LogP) is 4.04. The molecule has 5 aliphatic rings. The fourth-order valence-electron chi connectivity index (χ4n) is 10.2. The van der Waals surface area contributed by atoms with Gasteiger partial charge in [0.15, 0.2) is 5.78 Å². The number of aliphatic hydroxyl groups excluding tert-OH is 4. The van der Waals surface area contributed by atoms with Crippen LogP contribution in [0.2, 0.25) is 0 Å². The Hall–Kier alpha value is -1.01. The van der Waals surface area contributed by atoms with Crippen LogP contribution in [-0.4, -0.2) is 51.1 Å². The van der Waals surface area contributed by atoms with Crippen LogP contribution in [0.3, 0.4) is 0 Å². The van der Waals surface area contributed by atoms with E-state index >= 15 is 0 Å². The monoisotopic (exact) mass is 486 g/mol. The van der Waals surface area contributed by atoms with Crippen molar-refractivity contribution < 1.29 is 25.2 Å². The van der Waals surface area contributed by atoms with Gasteiger partial charge in [-0.15, -0.1) is 0 Å². The summed E-state index contributed by atoms with van der Waals surface area (Å²) in [4.78, 5) is 12.8. The van der Waals surface area contributed by atoms with Crippen molar-refractivity contribution in [3.8, 4) is 0 Å². The quantitative estimate of drug-likeness (QED) is 0.420. The van der Waals surface area contributed by atoms with Crippen LogP contribution in [0.4, 0.5) is 0 Å². The molecule has 0 bridgehead atoms. The Morgan fingerprint density at radius 2 is 1.60 bits per heavy atom. The van der Waals surface area contributed by atoms with Gasteiger partial charge in [-0.2, -0.15) is 0 Å². The Morgan fingerprint density at radius 3 is 2.23 bits per heavy atom. The summed E-state index contributed by atoms with van der Waals surface area (Å²) in [5.74, 6) is 0.629. The molecule has 196 valence electrons. The van der Waals surface area contributed by atoms with E-state index < -0.39 is 29.1 Å². The molecule has 5 nitrogen and oxygen atoms in total. The second-order valence-corrected chi connectivity index (χ2v) is 14.7. The predicted molar refractivity (Wildman–Crippen MR) is 135 cm³/mol. The van der Waals surface area contributed by atoms with Crippen LogP contribution in [0.25, 0.3) is 0 Å². The lowest BCUT2D eigenvalue weighted by Gasteiger charge is -2.71. The van der Waals surface area contributed by atoms with Gasteiger partial charge in [0.05, 0.1) is 30.3 Å². The molecule has 0 saturated heterocycles. The van der Waals surface area contributed by atoms with Gasteiger partial charge < -0.3 is 20.4 Å². The van der Waals surface area contributed by atoms with Crippen molar-refractivity contribution in [2.24, 2.45) is 50.2 Å². The highest BCUT2D eigenvalue weighted by atomic mass is 16.3. The molecule has 5 aliphatic carbocycles. The molecular weight excluding hydrogens is 440 g/mol. The van der Waals surface area contributed by atoms with Crippen molar-refractivity contribution in [3.05, 3.63) is 23.8 Å². The maximum atomic E-state index is 12.8. The maximum Gasteiger partial charge on any atom is 0.161 e. The van der Waals surface area contributed by atoms with E-state index in [1.54, 1.807) is 0 Å². The Balaban J connectivity index is 1.66. The zero-order valence-corrected chi connectivity index (χ0v) is 22.6. The average Bonchev–Trinajstić information content (AvgIpc) is 2.76. The fourth-order valence-corrected chi connectivity index (χ4v) is 10.2. The molecule has 0 aromatic carbocycles. The second-order valence-electron chi connectivity index (χ2n) is 14.7. The molecule has 10 atom stereocenters. The van der Waals surface area contributed by atoms with Crippen LogP contribution in [0.5, 0.6) is 0 Å². The average molecular weight is 487 g/mol. The lowest BCUT2D eigenvalue weighted by atomic mass is 9.33. The van der Waals surface area contributed by atoms with Crippen molar-refractivity contribution in [1.82, 2.24) is 0 Å². The normalized spacial score (nSPS) is 54.1. The van der Waals surface area contributed by atoms with Crippen molar-refractivity contribution in [2.75, 3.05) is 6.61 Å². The van der Waals surface area contributed by atoms with Crippen LogP contribution in [-0.2, 0) is 4.79 Å². The highest BCUT2D eigenvalue weighted by Gasteiger charge is 2.71. The summed E-state index contributed by atoms with van der Waals surface area (Å²) in [7, 11) is 0. The number of hydrogen-bond donors (Lipinski definition) is 4. The van der Waals surface area contributed by atoms with Crippen molar-refractivity contribution >= 4 is 5.78 Å². The number of allylic oxidation sites excluding steroid dienone is 4. The van der Waals surface area contributed by atoms with Crippen LogP contribution < -0.4 is 0 Å². The first-order valence-electron chi connectivity index (χ1n) is 13.6. The summed E-state index contributed by atoms with van der Waals surface area (Å²) in [6.07, 6.45) is 7.18. The molecule has 5 rings (SSSR count). The van der Waals surface area contributed by atoms with Gasteiger partial charge in [-0.3, -0.25) is 4.79 Å². The standard InChI is InChI=1S/C30H46O5/c1-25(2)14-18-17-8-9-20-27(5)12-11-21(32)26(3,4)19(27)10-13-28(20,6)29(17,7)15-22(33)30(18,16-31)24(35)23(25)34/h8,11-12,18-20,22-24,31,33-35H,9-10,13-16H2,1-7H3. The summed E-state index contributed by atoms with van der Waals surface area (Å²) in [5, 5.41) is 44.7. The summed E-state index contributed by atoms with van der Waals surface area (Å²) in [6.45, 7) is 14.8. The lowest BCUT2D eigenvalue weighted by molar-refractivity contribution is -0.250. The highest BCUT2D eigenvalue weighted by Crippen LogP contribution is 2.74. The van der Waals surface area contributed by atoms with E-state index in [0.717, 1.165) is 19.3 Å². The molecule has 0 aromatic rings. The number of fused-ring (bicyclic) bond motifs is 7. The maximum absolute atomic E-state index is 12.8.